The second-order valence-corrected chi connectivity index (χ2v) is 4.47. The van der Waals surface area contributed by atoms with Crippen molar-refractivity contribution in [3.05, 3.63) is 71.7 Å². The van der Waals surface area contributed by atoms with E-state index in [4.69, 9.17) is 0 Å². The van der Waals surface area contributed by atoms with Crippen molar-refractivity contribution in [2.24, 2.45) is 4.99 Å². The summed E-state index contributed by atoms with van der Waals surface area (Å²) in [6.07, 6.45) is 6.13. The number of aliphatic imine (C=N–C) groups is 1. The number of hydrogen-bond acceptors (Lipinski definition) is 2. The zero-order valence-electron chi connectivity index (χ0n) is 11.2. The summed E-state index contributed by atoms with van der Waals surface area (Å²) < 4.78 is 13.0. The number of halogens is 1. The Morgan fingerprint density at radius 1 is 1.32 bits per heavy atom. The molecule has 1 aliphatic heterocycles. The standard InChI is InChI=1S/C16H17FN2/c1-12(13-8-10-19(3)11-9-13)16(18-2)14-4-6-15(17)7-5-14/h4-10H,1,11H2,2-3H3. The van der Waals surface area contributed by atoms with Crippen molar-refractivity contribution in [3.63, 3.8) is 0 Å². The maximum absolute atomic E-state index is 13.0. The van der Waals surface area contributed by atoms with Gasteiger partial charge in [0.05, 0.1) is 5.71 Å². The van der Waals surface area contributed by atoms with E-state index in [-0.39, 0.29) is 5.82 Å². The monoisotopic (exact) mass is 256 g/mol. The fourth-order valence-corrected chi connectivity index (χ4v) is 1.99. The molecule has 0 aliphatic carbocycles. The van der Waals surface area contributed by atoms with Gasteiger partial charge in [-0.3, -0.25) is 4.99 Å². The van der Waals surface area contributed by atoms with Gasteiger partial charge in [-0.05, 0) is 42.1 Å². The summed E-state index contributed by atoms with van der Waals surface area (Å²) in [6.45, 7) is 4.96. The third kappa shape index (κ3) is 2.99. The number of rotatable bonds is 3. The number of benzene rings is 1. The van der Waals surface area contributed by atoms with Crippen LogP contribution in [-0.2, 0) is 0 Å². The molecule has 0 saturated carbocycles. The predicted octanol–water partition coefficient (Wildman–Crippen LogP) is 3.19. The van der Waals surface area contributed by atoms with E-state index in [1.807, 2.05) is 19.3 Å². The van der Waals surface area contributed by atoms with Gasteiger partial charge in [0.15, 0.2) is 0 Å². The summed E-state index contributed by atoms with van der Waals surface area (Å²) in [4.78, 5) is 6.37. The molecule has 0 amide bonds. The summed E-state index contributed by atoms with van der Waals surface area (Å²) in [6, 6.07) is 6.32. The molecular weight excluding hydrogens is 239 g/mol. The van der Waals surface area contributed by atoms with Crippen molar-refractivity contribution < 1.29 is 4.39 Å². The zero-order valence-corrected chi connectivity index (χ0v) is 11.2. The first-order valence-corrected chi connectivity index (χ1v) is 6.13. The van der Waals surface area contributed by atoms with Crippen molar-refractivity contribution >= 4 is 5.71 Å². The van der Waals surface area contributed by atoms with Gasteiger partial charge in [0.2, 0.25) is 0 Å². The molecule has 0 radical (unpaired) electrons. The third-order valence-electron chi connectivity index (χ3n) is 3.08. The minimum absolute atomic E-state index is 0.247. The molecule has 0 bridgehead atoms. The van der Waals surface area contributed by atoms with Crippen LogP contribution in [0.4, 0.5) is 4.39 Å². The molecule has 2 rings (SSSR count). The number of nitrogens with zero attached hydrogens (tertiary/aromatic N) is 2. The molecule has 1 aliphatic rings. The van der Waals surface area contributed by atoms with Gasteiger partial charge in [0, 0.05) is 31.8 Å². The zero-order chi connectivity index (χ0) is 13.8. The first-order chi connectivity index (χ1) is 9.11. The second-order valence-electron chi connectivity index (χ2n) is 4.47. The van der Waals surface area contributed by atoms with Crippen molar-refractivity contribution in [3.8, 4) is 0 Å². The van der Waals surface area contributed by atoms with Crippen LogP contribution in [0.5, 0.6) is 0 Å². The maximum atomic E-state index is 13.0. The molecule has 3 heteroatoms. The third-order valence-corrected chi connectivity index (χ3v) is 3.08. The highest BCUT2D eigenvalue weighted by molar-refractivity contribution is 6.15. The van der Waals surface area contributed by atoms with Crippen LogP contribution >= 0.6 is 0 Å². The highest BCUT2D eigenvalue weighted by Gasteiger charge is 2.12. The lowest BCUT2D eigenvalue weighted by Crippen LogP contribution is -2.16. The van der Waals surface area contributed by atoms with Gasteiger partial charge >= 0.3 is 0 Å². The molecule has 0 unspecified atom stereocenters. The summed E-state index contributed by atoms with van der Waals surface area (Å²) in [5.41, 5.74) is 3.59. The molecule has 0 atom stereocenters. The van der Waals surface area contributed by atoms with E-state index in [0.717, 1.165) is 29.0 Å². The lowest BCUT2D eigenvalue weighted by molar-refractivity contribution is 0.503. The molecule has 0 fully saturated rings. The molecule has 1 aromatic carbocycles. The van der Waals surface area contributed by atoms with Gasteiger partial charge < -0.3 is 4.90 Å². The molecule has 98 valence electrons. The molecular formula is C16H17FN2. The first-order valence-electron chi connectivity index (χ1n) is 6.13. The fraction of sp³-hybridized carbons (Fsp3) is 0.188. The van der Waals surface area contributed by atoms with E-state index >= 15 is 0 Å². The summed E-state index contributed by atoms with van der Waals surface area (Å²) in [7, 11) is 3.74. The highest BCUT2D eigenvalue weighted by atomic mass is 19.1. The second kappa shape index (κ2) is 5.65. The molecule has 0 spiro atoms. The average molecular weight is 256 g/mol. The van der Waals surface area contributed by atoms with E-state index in [2.05, 4.69) is 22.5 Å². The van der Waals surface area contributed by atoms with Crippen molar-refractivity contribution in [1.82, 2.24) is 4.90 Å². The van der Waals surface area contributed by atoms with Crippen LogP contribution in [0.25, 0.3) is 0 Å². The van der Waals surface area contributed by atoms with Crippen molar-refractivity contribution in [1.29, 1.82) is 0 Å². The van der Waals surface area contributed by atoms with E-state index in [9.17, 15) is 4.39 Å². The van der Waals surface area contributed by atoms with E-state index in [1.165, 1.54) is 12.1 Å². The van der Waals surface area contributed by atoms with Gasteiger partial charge in [-0.2, -0.15) is 0 Å². The van der Waals surface area contributed by atoms with Crippen LogP contribution < -0.4 is 0 Å². The lowest BCUT2D eigenvalue weighted by atomic mass is 9.96. The summed E-state index contributed by atoms with van der Waals surface area (Å²) >= 11 is 0. The Bertz CT molecular complexity index is 565. The van der Waals surface area contributed by atoms with Gasteiger partial charge in [0.25, 0.3) is 0 Å². The van der Waals surface area contributed by atoms with Crippen LogP contribution in [-0.4, -0.2) is 31.3 Å². The molecule has 19 heavy (non-hydrogen) atoms. The summed E-state index contributed by atoms with van der Waals surface area (Å²) in [5, 5.41) is 0. The van der Waals surface area contributed by atoms with E-state index in [1.54, 1.807) is 19.2 Å². The Morgan fingerprint density at radius 3 is 2.53 bits per heavy atom. The predicted molar refractivity (Wildman–Crippen MR) is 77.9 cm³/mol. The Morgan fingerprint density at radius 2 is 2.00 bits per heavy atom. The first kappa shape index (κ1) is 13.3. The Hall–Kier alpha value is -2.16. The van der Waals surface area contributed by atoms with Crippen LogP contribution in [0.1, 0.15) is 5.56 Å². The average Bonchev–Trinajstić information content (AvgIpc) is 2.42. The van der Waals surface area contributed by atoms with Crippen molar-refractivity contribution in [2.75, 3.05) is 20.6 Å². The smallest absolute Gasteiger partial charge is 0.123 e. The minimum atomic E-state index is -0.247. The van der Waals surface area contributed by atoms with Gasteiger partial charge in [-0.1, -0.05) is 12.7 Å². The Kier molecular flexibility index (Phi) is 3.95. The molecule has 1 aromatic rings. The van der Waals surface area contributed by atoms with Gasteiger partial charge in [-0.25, -0.2) is 4.39 Å². The topological polar surface area (TPSA) is 15.6 Å². The van der Waals surface area contributed by atoms with Crippen molar-refractivity contribution in [2.45, 2.75) is 0 Å². The van der Waals surface area contributed by atoms with E-state index in [0.29, 0.717) is 0 Å². The Labute approximate surface area is 113 Å². The van der Waals surface area contributed by atoms with Gasteiger partial charge in [0.1, 0.15) is 5.82 Å². The highest BCUT2D eigenvalue weighted by Crippen LogP contribution is 2.19. The number of likely N-dealkylation sites (N-methyl/N-ethyl adjacent to an activating group) is 1. The molecule has 1 heterocycles. The quantitative estimate of drug-likeness (QED) is 0.758. The molecule has 2 nitrogen and oxygen atoms in total. The largest absolute Gasteiger partial charge is 0.377 e. The molecule has 0 saturated heterocycles. The van der Waals surface area contributed by atoms with Crippen LogP contribution in [0.3, 0.4) is 0 Å². The minimum Gasteiger partial charge on any atom is -0.377 e. The van der Waals surface area contributed by atoms with Gasteiger partial charge in [-0.15, -0.1) is 0 Å². The number of allylic oxidation sites excluding steroid dienone is 3. The van der Waals surface area contributed by atoms with Crippen LogP contribution in [0.2, 0.25) is 0 Å². The van der Waals surface area contributed by atoms with Crippen LogP contribution in [0.15, 0.2) is 65.3 Å². The number of hydrogen-bond donors (Lipinski definition) is 0. The SMILES string of the molecule is C=C(C1=CCN(C)C=C1)C(=NC)c1ccc(F)cc1. The maximum Gasteiger partial charge on any atom is 0.123 e. The van der Waals surface area contributed by atoms with Crippen LogP contribution in [0, 0.1) is 5.82 Å². The Balaban J connectivity index is 2.26. The summed E-state index contributed by atoms with van der Waals surface area (Å²) in [5.74, 6) is -0.247. The van der Waals surface area contributed by atoms with E-state index < -0.39 is 0 Å². The normalized spacial score (nSPS) is 15.4. The lowest BCUT2D eigenvalue weighted by Gasteiger charge is -2.19. The fourth-order valence-electron chi connectivity index (χ4n) is 1.99. The molecule has 0 N–H and O–H groups in total. The molecule has 0 aromatic heterocycles.